The number of anilines is 2. The molecule has 0 aliphatic carbocycles. The predicted octanol–water partition coefficient (Wildman–Crippen LogP) is 2.73. The third-order valence-electron chi connectivity index (χ3n) is 7.00. The molecule has 0 atom stereocenters. The van der Waals surface area contributed by atoms with Crippen molar-refractivity contribution in [2.24, 2.45) is 0 Å². The molecular weight excluding hydrogens is 501 g/mol. The van der Waals surface area contributed by atoms with E-state index in [1.54, 1.807) is 24.7 Å². The van der Waals surface area contributed by atoms with Crippen molar-refractivity contribution in [3.05, 3.63) is 67.2 Å². The number of fused-ring (bicyclic) bond motifs is 3. The van der Waals surface area contributed by atoms with Crippen molar-refractivity contribution >= 4 is 28.3 Å². The Labute approximate surface area is 221 Å². The number of rotatable bonds is 6. The third-order valence-corrected chi connectivity index (χ3v) is 7.00. The Bertz CT molecular complexity index is 1760. The van der Waals surface area contributed by atoms with Gasteiger partial charge in [-0.2, -0.15) is 14.6 Å². The molecule has 5 aromatic heterocycles. The number of hydrogen-bond donors (Lipinski definition) is 1. The van der Waals surface area contributed by atoms with Crippen LogP contribution in [0, 0.1) is 5.82 Å². The second kappa shape index (κ2) is 9.44. The number of nitrogens with zero attached hydrogens (tertiary/aromatic N) is 10. The van der Waals surface area contributed by atoms with E-state index in [1.807, 2.05) is 28.9 Å². The number of hydrogen-bond acceptors (Lipinski definition) is 10. The van der Waals surface area contributed by atoms with Crippen LogP contribution in [0.5, 0.6) is 0 Å². The number of piperazine rings is 1. The molecule has 6 heterocycles. The van der Waals surface area contributed by atoms with Gasteiger partial charge >= 0.3 is 0 Å². The molecule has 0 radical (unpaired) electrons. The molecule has 1 aliphatic rings. The van der Waals surface area contributed by atoms with E-state index in [0.717, 1.165) is 30.6 Å². The number of nitrogens with two attached hydrogens (primary N) is 1. The minimum absolute atomic E-state index is 0.233. The van der Waals surface area contributed by atoms with Gasteiger partial charge in [-0.3, -0.25) is 9.88 Å². The molecular formula is C26H24FN11O. The van der Waals surface area contributed by atoms with Crippen LogP contribution in [-0.4, -0.2) is 77.0 Å². The zero-order chi connectivity index (χ0) is 26.3. The van der Waals surface area contributed by atoms with Crippen LogP contribution in [0.2, 0.25) is 0 Å². The van der Waals surface area contributed by atoms with Gasteiger partial charge < -0.3 is 15.1 Å². The molecule has 7 rings (SSSR count). The highest BCUT2D eigenvalue weighted by Crippen LogP contribution is 2.28. The van der Waals surface area contributed by atoms with Gasteiger partial charge in [-0.15, -0.1) is 5.10 Å². The topological polar surface area (TPSA) is 132 Å². The SMILES string of the molecule is Nc1nc2c(cnn2CCN2CCN(c3cc(-c4cnco4)ccc3F)CC2)c2nc(-c3ccccn3)nn12. The summed E-state index contributed by atoms with van der Waals surface area (Å²) in [5.41, 5.74) is 9.52. The fourth-order valence-corrected chi connectivity index (χ4v) is 4.94. The summed E-state index contributed by atoms with van der Waals surface area (Å²) in [5.74, 6) is 1.08. The van der Waals surface area contributed by atoms with Gasteiger partial charge in [0, 0.05) is 44.5 Å². The van der Waals surface area contributed by atoms with E-state index < -0.39 is 0 Å². The van der Waals surface area contributed by atoms with Gasteiger partial charge in [0.15, 0.2) is 23.4 Å². The Morgan fingerprint density at radius 3 is 2.67 bits per heavy atom. The number of halogens is 1. The molecule has 1 saturated heterocycles. The van der Waals surface area contributed by atoms with Crippen LogP contribution >= 0.6 is 0 Å². The van der Waals surface area contributed by atoms with Gasteiger partial charge in [-0.25, -0.2) is 19.0 Å². The van der Waals surface area contributed by atoms with Crippen molar-refractivity contribution in [1.29, 1.82) is 0 Å². The van der Waals surface area contributed by atoms with Gasteiger partial charge in [-0.1, -0.05) is 6.07 Å². The van der Waals surface area contributed by atoms with Crippen molar-refractivity contribution in [2.45, 2.75) is 6.54 Å². The largest absolute Gasteiger partial charge is 0.444 e. The molecule has 0 spiro atoms. The van der Waals surface area contributed by atoms with E-state index in [9.17, 15) is 4.39 Å². The Kier molecular flexibility index (Phi) is 5.62. The lowest BCUT2D eigenvalue weighted by Crippen LogP contribution is -2.47. The summed E-state index contributed by atoms with van der Waals surface area (Å²) in [5, 5.41) is 9.82. The lowest BCUT2D eigenvalue weighted by molar-refractivity contribution is 0.245. The maximum Gasteiger partial charge on any atom is 0.225 e. The van der Waals surface area contributed by atoms with Crippen molar-refractivity contribution < 1.29 is 8.81 Å². The second-order valence-corrected chi connectivity index (χ2v) is 9.32. The summed E-state index contributed by atoms with van der Waals surface area (Å²) in [6, 6.07) is 10.6. The van der Waals surface area contributed by atoms with Crippen LogP contribution in [0.1, 0.15) is 0 Å². The van der Waals surface area contributed by atoms with Crippen LogP contribution in [0.15, 0.2) is 65.8 Å². The molecule has 0 bridgehead atoms. The molecule has 0 unspecified atom stereocenters. The first-order chi connectivity index (χ1) is 19.1. The summed E-state index contributed by atoms with van der Waals surface area (Å²) in [6.45, 7) is 4.40. The van der Waals surface area contributed by atoms with Crippen LogP contribution in [0.3, 0.4) is 0 Å². The van der Waals surface area contributed by atoms with E-state index in [2.05, 4.69) is 39.9 Å². The summed E-state index contributed by atoms with van der Waals surface area (Å²) in [6.07, 6.45) is 6.44. The Morgan fingerprint density at radius 2 is 1.87 bits per heavy atom. The molecule has 2 N–H and O–H groups in total. The van der Waals surface area contributed by atoms with Gasteiger partial charge in [0.1, 0.15) is 11.5 Å². The first-order valence-corrected chi connectivity index (χ1v) is 12.6. The molecule has 12 nitrogen and oxygen atoms in total. The number of oxazole rings is 1. The molecule has 13 heteroatoms. The van der Waals surface area contributed by atoms with Gasteiger partial charge in [0.2, 0.25) is 11.8 Å². The smallest absolute Gasteiger partial charge is 0.225 e. The summed E-state index contributed by atoms with van der Waals surface area (Å²) >= 11 is 0. The van der Waals surface area contributed by atoms with Crippen LogP contribution in [0.4, 0.5) is 16.0 Å². The fraction of sp³-hybridized carbons (Fsp3) is 0.231. The molecule has 1 aliphatic heterocycles. The maximum atomic E-state index is 14.7. The molecule has 1 fully saturated rings. The Hall–Kier alpha value is -4.91. The summed E-state index contributed by atoms with van der Waals surface area (Å²) in [4.78, 5) is 21.9. The zero-order valence-corrected chi connectivity index (χ0v) is 20.9. The zero-order valence-electron chi connectivity index (χ0n) is 20.9. The quantitative estimate of drug-likeness (QED) is 0.346. The number of benzene rings is 1. The van der Waals surface area contributed by atoms with Gasteiger partial charge in [0.05, 0.1) is 30.0 Å². The molecule has 0 saturated carbocycles. The lowest BCUT2D eigenvalue weighted by atomic mass is 10.1. The summed E-state index contributed by atoms with van der Waals surface area (Å²) in [7, 11) is 0. The molecule has 6 aromatic rings. The Morgan fingerprint density at radius 1 is 0.974 bits per heavy atom. The van der Waals surface area contributed by atoms with Crippen molar-refractivity contribution in [2.75, 3.05) is 43.4 Å². The second-order valence-electron chi connectivity index (χ2n) is 9.32. The molecule has 1 aromatic carbocycles. The summed E-state index contributed by atoms with van der Waals surface area (Å²) < 4.78 is 23.4. The number of pyridine rings is 1. The average molecular weight is 526 g/mol. The lowest BCUT2D eigenvalue weighted by Gasteiger charge is -2.36. The van der Waals surface area contributed by atoms with Gasteiger partial charge in [0.25, 0.3) is 0 Å². The fourth-order valence-electron chi connectivity index (χ4n) is 4.94. The van der Waals surface area contributed by atoms with Crippen molar-refractivity contribution in [1.82, 2.24) is 44.2 Å². The third kappa shape index (κ3) is 4.22. The highest BCUT2D eigenvalue weighted by molar-refractivity contribution is 5.90. The van der Waals surface area contributed by atoms with Crippen molar-refractivity contribution in [3.8, 4) is 22.8 Å². The van der Waals surface area contributed by atoms with Crippen LogP contribution < -0.4 is 10.6 Å². The first-order valence-electron chi connectivity index (χ1n) is 12.6. The predicted molar refractivity (Wildman–Crippen MR) is 142 cm³/mol. The number of nitrogen functional groups attached to an aromatic ring is 1. The van der Waals surface area contributed by atoms with E-state index in [1.165, 1.54) is 17.0 Å². The molecule has 0 amide bonds. The Balaban J connectivity index is 1.05. The van der Waals surface area contributed by atoms with Crippen molar-refractivity contribution in [3.63, 3.8) is 0 Å². The van der Waals surface area contributed by atoms with Crippen LogP contribution in [-0.2, 0) is 6.54 Å². The first kappa shape index (κ1) is 23.2. The van der Waals surface area contributed by atoms with Crippen LogP contribution in [0.25, 0.3) is 39.5 Å². The molecule has 39 heavy (non-hydrogen) atoms. The standard InChI is InChI=1S/C26H24FN11O/c27-19-5-4-17(22-15-29-16-39-22)13-21(19)36-10-7-35(8-11-36)9-12-37-24-18(14-31-37)25-32-23(20-3-1-2-6-30-20)34-38(25)26(28)33-24/h1-6,13-16H,7-12H2,(H2,28,33). The maximum absolute atomic E-state index is 14.7. The minimum Gasteiger partial charge on any atom is -0.444 e. The van der Waals surface area contributed by atoms with Gasteiger partial charge in [-0.05, 0) is 30.3 Å². The van der Waals surface area contributed by atoms with E-state index in [-0.39, 0.29) is 11.8 Å². The van der Waals surface area contributed by atoms with E-state index >= 15 is 0 Å². The highest BCUT2D eigenvalue weighted by Gasteiger charge is 2.22. The average Bonchev–Trinajstić information content (AvgIpc) is 3.74. The monoisotopic (exact) mass is 525 g/mol. The highest BCUT2D eigenvalue weighted by atomic mass is 19.1. The molecule has 196 valence electrons. The number of aromatic nitrogens is 8. The van der Waals surface area contributed by atoms with E-state index in [0.29, 0.717) is 53.9 Å². The normalized spacial score (nSPS) is 14.5. The minimum atomic E-state index is -0.246. The van der Waals surface area contributed by atoms with E-state index in [4.69, 9.17) is 10.2 Å².